The van der Waals surface area contributed by atoms with Crippen LogP contribution in [0.2, 0.25) is 0 Å². The first-order valence-corrected chi connectivity index (χ1v) is 3.44. The smallest absolute Gasteiger partial charge is 0.335 e. The predicted molar refractivity (Wildman–Crippen MR) is 39.9 cm³/mol. The van der Waals surface area contributed by atoms with Gasteiger partial charge in [0.1, 0.15) is 6.61 Å². The number of allylic oxidation sites excluding steroid dienone is 1. The minimum atomic E-state index is -0.498. The van der Waals surface area contributed by atoms with Gasteiger partial charge in [-0.3, -0.25) is 0 Å². The number of carbonyl (C=O) groups excluding carboxylic acids is 2. The molecule has 12 heavy (non-hydrogen) atoms. The monoisotopic (exact) mass is 168 g/mol. The molecule has 0 fully saturated rings. The van der Waals surface area contributed by atoms with Crippen LogP contribution in [0.3, 0.4) is 0 Å². The van der Waals surface area contributed by atoms with Gasteiger partial charge in [-0.05, 0) is 6.92 Å². The summed E-state index contributed by atoms with van der Waals surface area (Å²) in [5.74, 6) is -0.719. The lowest BCUT2D eigenvalue weighted by molar-refractivity contribution is -0.138. The Morgan fingerprint density at radius 3 is 3.00 bits per heavy atom. The van der Waals surface area contributed by atoms with E-state index < -0.39 is 11.9 Å². The van der Waals surface area contributed by atoms with E-state index in [9.17, 15) is 9.59 Å². The number of esters is 2. The Balaban J connectivity index is 2.47. The zero-order chi connectivity index (χ0) is 8.97. The molecule has 1 rings (SSSR count). The maximum absolute atomic E-state index is 10.8. The highest BCUT2D eigenvalue weighted by Crippen LogP contribution is 2.07. The molecular formula is C8H8O4. The Bertz CT molecular complexity index is 262. The molecular weight excluding hydrogens is 160 g/mol. The number of rotatable bonds is 2. The number of hydrogen-bond acceptors (Lipinski definition) is 4. The van der Waals surface area contributed by atoms with Crippen molar-refractivity contribution >= 4 is 11.9 Å². The van der Waals surface area contributed by atoms with Gasteiger partial charge >= 0.3 is 11.9 Å². The van der Waals surface area contributed by atoms with Crippen molar-refractivity contribution in [2.45, 2.75) is 6.92 Å². The van der Waals surface area contributed by atoms with E-state index in [1.54, 1.807) is 13.0 Å². The number of cyclic esters (lactones) is 1. The van der Waals surface area contributed by atoms with Gasteiger partial charge in [-0.2, -0.15) is 0 Å². The van der Waals surface area contributed by atoms with Gasteiger partial charge in [0.05, 0.1) is 6.08 Å². The molecule has 0 saturated carbocycles. The zero-order valence-electron chi connectivity index (χ0n) is 6.57. The van der Waals surface area contributed by atoms with Crippen LogP contribution in [0.15, 0.2) is 24.0 Å². The average Bonchev–Trinajstić information content (AvgIpc) is 2.36. The van der Waals surface area contributed by atoms with Crippen LogP contribution < -0.4 is 0 Å². The lowest BCUT2D eigenvalue weighted by Crippen LogP contribution is -2.01. The van der Waals surface area contributed by atoms with Crippen LogP contribution in [0.4, 0.5) is 0 Å². The molecule has 0 bridgehead atoms. The average molecular weight is 168 g/mol. The molecule has 0 radical (unpaired) electrons. The summed E-state index contributed by atoms with van der Waals surface area (Å²) in [6.07, 6.45) is 3.98. The van der Waals surface area contributed by atoms with E-state index in [-0.39, 0.29) is 12.4 Å². The first kappa shape index (κ1) is 8.52. The lowest BCUT2D eigenvalue weighted by atomic mass is 10.5. The first-order valence-electron chi connectivity index (χ1n) is 3.44. The van der Waals surface area contributed by atoms with Crippen molar-refractivity contribution in [2.24, 2.45) is 0 Å². The highest BCUT2D eigenvalue weighted by molar-refractivity contribution is 5.87. The van der Waals surface area contributed by atoms with Crippen LogP contribution in [-0.2, 0) is 19.1 Å². The van der Waals surface area contributed by atoms with E-state index in [0.29, 0.717) is 0 Å². The molecule has 64 valence electrons. The van der Waals surface area contributed by atoms with Crippen molar-refractivity contribution < 1.29 is 19.1 Å². The van der Waals surface area contributed by atoms with Gasteiger partial charge in [0, 0.05) is 6.08 Å². The molecule has 0 aromatic heterocycles. The van der Waals surface area contributed by atoms with E-state index in [1.807, 2.05) is 0 Å². The van der Waals surface area contributed by atoms with Gasteiger partial charge in [0.25, 0.3) is 0 Å². The van der Waals surface area contributed by atoms with Crippen molar-refractivity contribution in [1.82, 2.24) is 0 Å². The van der Waals surface area contributed by atoms with Crippen LogP contribution in [0.25, 0.3) is 0 Å². The molecule has 0 unspecified atom stereocenters. The van der Waals surface area contributed by atoms with Crippen LogP contribution in [0.1, 0.15) is 6.92 Å². The van der Waals surface area contributed by atoms with Gasteiger partial charge in [0.15, 0.2) is 5.76 Å². The minimum Gasteiger partial charge on any atom is -0.454 e. The number of ether oxygens (including phenoxy) is 2. The normalized spacial score (nSPS) is 16.1. The topological polar surface area (TPSA) is 52.6 Å². The third kappa shape index (κ3) is 2.23. The van der Waals surface area contributed by atoms with Crippen LogP contribution in [0, 0.1) is 0 Å². The molecule has 0 saturated heterocycles. The van der Waals surface area contributed by atoms with Crippen molar-refractivity contribution in [2.75, 3.05) is 6.61 Å². The summed E-state index contributed by atoms with van der Waals surface area (Å²) >= 11 is 0. The summed E-state index contributed by atoms with van der Waals surface area (Å²) in [6.45, 7) is 1.74. The molecule has 0 aromatic rings. The predicted octanol–water partition coefficient (Wildman–Crippen LogP) is 0.546. The highest BCUT2D eigenvalue weighted by atomic mass is 16.6. The largest absolute Gasteiger partial charge is 0.454 e. The number of carbonyl (C=O) groups is 2. The Labute approximate surface area is 69.5 Å². The Morgan fingerprint density at radius 2 is 2.50 bits per heavy atom. The molecule has 0 spiro atoms. The van der Waals surface area contributed by atoms with Crippen LogP contribution >= 0.6 is 0 Å². The third-order valence-electron chi connectivity index (χ3n) is 1.17. The molecule has 0 N–H and O–H groups in total. The van der Waals surface area contributed by atoms with Gasteiger partial charge in [-0.15, -0.1) is 0 Å². The Morgan fingerprint density at radius 1 is 1.75 bits per heavy atom. The quantitative estimate of drug-likeness (QED) is 0.446. The molecule has 0 amide bonds. The Hall–Kier alpha value is -1.58. The maximum Gasteiger partial charge on any atom is 0.335 e. The van der Waals surface area contributed by atoms with Crippen molar-refractivity contribution in [1.29, 1.82) is 0 Å². The zero-order valence-corrected chi connectivity index (χ0v) is 6.57. The molecule has 0 aliphatic carbocycles. The fourth-order valence-corrected chi connectivity index (χ4v) is 0.715. The van der Waals surface area contributed by atoms with Gasteiger partial charge in [-0.1, -0.05) is 6.08 Å². The molecule has 0 atom stereocenters. The van der Waals surface area contributed by atoms with Crippen molar-refractivity contribution in [3.8, 4) is 0 Å². The molecule has 1 aliphatic heterocycles. The van der Waals surface area contributed by atoms with Gasteiger partial charge < -0.3 is 9.47 Å². The van der Waals surface area contributed by atoms with E-state index in [4.69, 9.17) is 4.74 Å². The highest BCUT2D eigenvalue weighted by Gasteiger charge is 2.15. The van der Waals surface area contributed by atoms with Gasteiger partial charge in [0.2, 0.25) is 0 Å². The minimum absolute atomic E-state index is 0.0438. The maximum atomic E-state index is 10.8. The first-order chi connectivity index (χ1) is 5.72. The second-order valence-corrected chi connectivity index (χ2v) is 2.14. The molecule has 4 nitrogen and oxygen atoms in total. The Kier molecular flexibility index (Phi) is 2.63. The standard InChI is InChI=1S/C8H8O4/c1-2-3-7(9)12-6-4-8(10)11-5-6/h2-4H,5H2,1H3/b3-2+. The molecule has 4 heteroatoms. The van der Waals surface area contributed by atoms with Crippen LogP contribution in [-0.4, -0.2) is 18.5 Å². The summed E-state index contributed by atoms with van der Waals surface area (Å²) in [4.78, 5) is 21.3. The third-order valence-corrected chi connectivity index (χ3v) is 1.17. The van der Waals surface area contributed by atoms with Crippen molar-refractivity contribution in [3.05, 3.63) is 24.0 Å². The second-order valence-electron chi connectivity index (χ2n) is 2.14. The summed E-state index contributed by atoms with van der Waals surface area (Å²) in [6, 6.07) is 0. The number of hydrogen-bond donors (Lipinski definition) is 0. The molecule has 0 aromatic carbocycles. The van der Waals surface area contributed by atoms with E-state index in [0.717, 1.165) is 6.08 Å². The van der Waals surface area contributed by atoms with E-state index in [2.05, 4.69) is 4.74 Å². The summed E-state index contributed by atoms with van der Waals surface area (Å²) in [5.41, 5.74) is 0. The van der Waals surface area contributed by atoms with E-state index in [1.165, 1.54) is 6.08 Å². The summed E-state index contributed by atoms with van der Waals surface area (Å²) in [7, 11) is 0. The fraction of sp³-hybridized carbons (Fsp3) is 0.250. The molecule has 1 aliphatic rings. The second kappa shape index (κ2) is 3.71. The van der Waals surface area contributed by atoms with Crippen molar-refractivity contribution in [3.63, 3.8) is 0 Å². The molecule has 1 heterocycles. The summed E-state index contributed by atoms with van der Waals surface area (Å²) in [5, 5.41) is 0. The SMILES string of the molecule is C/C=C/C(=O)OC1=CC(=O)OC1. The fourth-order valence-electron chi connectivity index (χ4n) is 0.715. The van der Waals surface area contributed by atoms with E-state index >= 15 is 0 Å². The summed E-state index contributed by atoms with van der Waals surface area (Å²) < 4.78 is 9.22. The lowest BCUT2D eigenvalue weighted by Gasteiger charge is -1.98. The van der Waals surface area contributed by atoms with Crippen LogP contribution in [0.5, 0.6) is 0 Å². The van der Waals surface area contributed by atoms with Gasteiger partial charge in [-0.25, -0.2) is 9.59 Å².